The normalized spacial score (nSPS) is 19.9. The Morgan fingerprint density at radius 1 is 1.04 bits per heavy atom. The molecule has 0 bridgehead atoms. The lowest BCUT2D eigenvalue weighted by Gasteiger charge is -2.31. The number of rotatable bonds is 4. The van der Waals surface area contributed by atoms with E-state index in [-0.39, 0.29) is 6.04 Å². The van der Waals surface area contributed by atoms with Gasteiger partial charge in [-0.2, -0.15) is 0 Å². The Bertz CT molecular complexity index is 792. The van der Waals surface area contributed by atoms with Gasteiger partial charge in [-0.15, -0.1) is 0 Å². The van der Waals surface area contributed by atoms with Gasteiger partial charge in [-0.3, -0.25) is 0 Å². The van der Waals surface area contributed by atoms with Crippen molar-refractivity contribution in [1.29, 1.82) is 0 Å². The first-order chi connectivity index (χ1) is 11.8. The van der Waals surface area contributed by atoms with Gasteiger partial charge in [0.15, 0.2) is 0 Å². The smallest absolute Gasteiger partial charge is 0.127 e. The minimum absolute atomic E-state index is 0.267. The largest absolute Gasteiger partial charge is 0.331 e. The summed E-state index contributed by atoms with van der Waals surface area (Å²) < 4.78 is 2.35. The Labute approximate surface area is 143 Å². The van der Waals surface area contributed by atoms with Crippen molar-refractivity contribution in [2.45, 2.75) is 38.4 Å². The Kier molecular flexibility index (Phi) is 4.18. The standard InChI is InChI=1S/C21H23N3/c1-2-18-14-24-15-20(17-11-7-4-8-12-17)23-21(24)19(22-18)13-16-9-5-3-6-10-16/h3-12,15,18-19,22H,2,13-14H2,1H3/t18?,19-/m0/s1. The topological polar surface area (TPSA) is 29.9 Å². The van der Waals surface area contributed by atoms with Crippen molar-refractivity contribution in [2.75, 3.05) is 0 Å². The molecule has 1 N–H and O–H groups in total. The number of aromatic nitrogens is 2. The van der Waals surface area contributed by atoms with E-state index in [0.717, 1.165) is 30.9 Å². The molecule has 0 saturated heterocycles. The molecule has 1 aliphatic heterocycles. The van der Waals surface area contributed by atoms with Crippen molar-refractivity contribution < 1.29 is 0 Å². The first-order valence-electron chi connectivity index (χ1n) is 8.76. The van der Waals surface area contributed by atoms with Crippen molar-refractivity contribution in [3.63, 3.8) is 0 Å². The first kappa shape index (κ1) is 15.2. The van der Waals surface area contributed by atoms with Crippen LogP contribution in [0, 0.1) is 0 Å². The summed E-state index contributed by atoms with van der Waals surface area (Å²) in [6.45, 7) is 3.24. The molecule has 0 aliphatic carbocycles. The molecule has 0 radical (unpaired) electrons. The summed E-state index contributed by atoms with van der Waals surface area (Å²) in [6.07, 6.45) is 4.32. The Balaban J connectivity index is 1.68. The second-order valence-electron chi connectivity index (χ2n) is 6.52. The molecular formula is C21H23N3. The molecule has 1 aliphatic rings. The molecular weight excluding hydrogens is 294 g/mol. The lowest BCUT2D eigenvalue weighted by molar-refractivity contribution is 0.317. The van der Waals surface area contributed by atoms with Crippen LogP contribution in [0.25, 0.3) is 11.3 Å². The van der Waals surface area contributed by atoms with Crippen LogP contribution in [-0.4, -0.2) is 15.6 Å². The minimum atomic E-state index is 0.267. The molecule has 0 saturated carbocycles. The highest BCUT2D eigenvalue weighted by molar-refractivity contribution is 5.58. The highest BCUT2D eigenvalue weighted by Gasteiger charge is 2.27. The van der Waals surface area contributed by atoms with Crippen LogP contribution in [-0.2, 0) is 13.0 Å². The fourth-order valence-corrected chi connectivity index (χ4v) is 3.50. The molecule has 0 spiro atoms. The number of nitrogens with one attached hydrogen (secondary N) is 1. The maximum absolute atomic E-state index is 4.97. The fourth-order valence-electron chi connectivity index (χ4n) is 3.50. The van der Waals surface area contributed by atoms with E-state index in [1.807, 2.05) is 6.07 Å². The Hall–Kier alpha value is -2.39. The number of hydrogen-bond donors (Lipinski definition) is 1. The van der Waals surface area contributed by atoms with Gasteiger partial charge in [0, 0.05) is 24.3 Å². The molecule has 3 nitrogen and oxygen atoms in total. The molecule has 0 amide bonds. The number of benzene rings is 2. The third kappa shape index (κ3) is 3.00. The zero-order valence-electron chi connectivity index (χ0n) is 14.0. The van der Waals surface area contributed by atoms with Crippen molar-refractivity contribution in [3.8, 4) is 11.3 Å². The van der Waals surface area contributed by atoms with E-state index in [0.29, 0.717) is 6.04 Å². The molecule has 2 atom stereocenters. The van der Waals surface area contributed by atoms with Gasteiger partial charge in [0.1, 0.15) is 5.82 Å². The number of fused-ring (bicyclic) bond motifs is 1. The van der Waals surface area contributed by atoms with E-state index in [2.05, 4.69) is 77.6 Å². The van der Waals surface area contributed by atoms with Crippen LogP contribution >= 0.6 is 0 Å². The second kappa shape index (κ2) is 6.62. The summed E-state index contributed by atoms with van der Waals surface area (Å²) in [4.78, 5) is 4.97. The zero-order valence-corrected chi connectivity index (χ0v) is 14.0. The summed E-state index contributed by atoms with van der Waals surface area (Å²) in [5, 5.41) is 3.79. The van der Waals surface area contributed by atoms with Crippen LogP contribution in [0.2, 0.25) is 0 Å². The summed E-state index contributed by atoms with van der Waals surface area (Å²) in [7, 11) is 0. The Morgan fingerprint density at radius 3 is 2.46 bits per heavy atom. The van der Waals surface area contributed by atoms with Crippen LogP contribution < -0.4 is 5.32 Å². The van der Waals surface area contributed by atoms with E-state index < -0.39 is 0 Å². The SMILES string of the molecule is CCC1Cn2cc(-c3ccccc3)nc2[C@H](Cc2ccccc2)N1. The van der Waals surface area contributed by atoms with Crippen LogP contribution in [0.3, 0.4) is 0 Å². The van der Waals surface area contributed by atoms with Gasteiger partial charge in [0.2, 0.25) is 0 Å². The van der Waals surface area contributed by atoms with Crippen molar-refractivity contribution in [1.82, 2.24) is 14.9 Å². The van der Waals surface area contributed by atoms with Gasteiger partial charge in [0.05, 0.1) is 11.7 Å². The molecule has 24 heavy (non-hydrogen) atoms. The van der Waals surface area contributed by atoms with E-state index in [4.69, 9.17) is 4.98 Å². The summed E-state index contributed by atoms with van der Waals surface area (Å²) >= 11 is 0. The third-order valence-electron chi connectivity index (χ3n) is 4.82. The van der Waals surface area contributed by atoms with E-state index >= 15 is 0 Å². The molecule has 3 aromatic rings. The molecule has 4 rings (SSSR count). The van der Waals surface area contributed by atoms with E-state index in [9.17, 15) is 0 Å². The average Bonchev–Trinajstić information content (AvgIpc) is 3.08. The lowest BCUT2D eigenvalue weighted by atomic mass is 10.0. The quantitative estimate of drug-likeness (QED) is 0.781. The van der Waals surface area contributed by atoms with Crippen LogP contribution in [0.5, 0.6) is 0 Å². The monoisotopic (exact) mass is 317 g/mol. The molecule has 0 fully saturated rings. The van der Waals surface area contributed by atoms with Crippen molar-refractivity contribution in [3.05, 3.63) is 78.2 Å². The maximum Gasteiger partial charge on any atom is 0.127 e. The highest BCUT2D eigenvalue weighted by Crippen LogP contribution is 2.28. The average molecular weight is 317 g/mol. The second-order valence-corrected chi connectivity index (χ2v) is 6.52. The molecule has 2 heterocycles. The van der Waals surface area contributed by atoms with Gasteiger partial charge in [-0.05, 0) is 18.4 Å². The summed E-state index contributed by atoms with van der Waals surface area (Å²) in [6, 6.07) is 21.9. The zero-order chi connectivity index (χ0) is 16.4. The third-order valence-corrected chi connectivity index (χ3v) is 4.82. The summed E-state index contributed by atoms with van der Waals surface area (Å²) in [5.41, 5.74) is 3.61. The molecule has 122 valence electrons. The maximum atomic E-state index is 4.97. The van der Waals surface area contributed by atoms with Gasteiger partial charge in [0.25, 0.3) is 0 Å². The van der Waals surface area contributed by atoms with Crippen molar-refractivity contribution in [2.24, 2.45) is 0 Å². The lowest BCUT2D eigenvalue weighted by Crippen LogP contribution is -2.42. The Morgan fingerprint density at radius 2 is 1.75 bits per heavy atom. The number of nitrogens with zero attached hydrogens (tertiary/aromatic N) is 2. The molecule has 3 heteroatoms. The molecule has 1 aromatic heterocycles. The predicted molar refractivity (Wildman–Crippen MR) is 97.8 cm³/mol. The van der Waals surface area contributed by atoms with Crippen LogP contribution in [0.1, 0.15) is 30.8 Å². The van der Waals surface area contributed by atoms with Crippen LogP contribution in [0.15, 0.2) is 66.9 Å². The van der Waals surface area contributed by atoms with Crippen molar-refractivity contribution >= 4 is 0 Å². The summed E-state index contributed by atoms with van der Waals surface area (Å²) in [5.74, 6) is 1.16. The first-order valence-corrected chi connectivity index (χ1v) is 8.76. The minimum Gasteiger partial charge on any atom is -0.331 e. The number of hydrogen-bond acceptors (Lipinski definition) is 2. The van der Waals surface area contributed by atoms with E-state index in [1.165, 1.54) is 11.1 Å². The predicted octanol–water partition coefficient (Wildman–Crippen LogP) is 4.22. The van der Waals surface area contributed by atoms with E-state index in [1.54, 1.807) is 0 Å². The molecule has 1 unspecified atom stereocenters. The van der Waals surface area contributed by atoms with Crippen LogP contribution in [0.4, 0.5) is 0 Å². The number of imidazole rings is 1. The fraction of sp³-hybridized carbons (Fsp3) is 0.286. The van der Waals surface area contributed by atoms with Gasteiger partial charge in [-0.1, -0.05) is 67.6 Å². The van der Waals surface area contributed by atoms with Gasteiger partial charge >= 0.3 is 0 Å². The van der Waals surface area contributed by atoms with Gasteiger partial charge < -0.3 is 9.88 Å². The highest BCUT2D eigenvalue weighted by atomic mass is 15.2. The van der Waals surface area contributed by atoms with Gasteiger partial charge in [-0.25, -0.2) is 4.98 Å². The molecule has 2 aromatic carbocycles.